The Morgan fingerprint density at radius 3 is 3.19 bits per heavy atom. The molecule has 1 aromatic heterocycles. The van der Waals surface area contributed by atoms with Gasteiger partial charge in [-0.25, -0.2) is 4.39 Å². The molecule has 1 fully saturated rings. The van der Waals surface area contributed by atoms with Crippen LogP contribution in [-0.2, 0) is 0 Å². The Morgan fingerprint density at radius 1 is 1.44 bits per heavy atom. The topological polar surface area (TPSA) is 49.9 Å². The molecule has 1 aromatic carbocycles. The van der Waals surface area contributed by atoms with Crippen molar-refractivity contribution in [3.05, 3.63) is 24.0 Å². The lowest BCUT2D eigenvalue weighted by Gasteiger charge is -2.09. The van der Waals surface area contributed by atoms with Gasteiger partial charge in [-0.15, -0.1) is 5.10 Å². The van der Waals surface area contributed by atoms with E-state index < -0.39 is 0 Å². The molecule has 0 radical (unpaired) electrons. The van der Waals surface area contributed by atoms with E-state index in [1.165, 1.54) is 12.1 Å². The van der Waals surface area contributed by atoms with Gasteiger partial charge in [-0.2, -0.15) is 0 Å². The average Bonchev–Trinajstić information content (AvgIpc) is 2.90. The zero-order valence-electron chi connectivity index (χ0n) is 8.66. The molecule has 0 amide bonds. The number of hydrogen-bond acceptors (Lipinski definition) is 3. The number of ether oxygens (including phenoxy) is 1. The third-order valence-electron chi connectivity index (χ3n) is 2.78. The zero-order chi connectivity index (χ0) is 11.0. The standard InChI is InChI=1S/C11H12FN3O/c12-7-1-2-10-9(5-7)11(15-14-10)16-8-3-4-13-6-8/h1-2,5,8,13H,3-4,6H2,(H,14,15). The number of fused-ring (bicyclic) bond motifs is 1. The number of benzene rings is 1. The SMILES string of the molecule is Fc1ccc2[nH]nc(OC3CCNC3)c2c1. The average molecular weight is 221 g/mol. The number of rotatable bonds is 2. The van der Waals surface area contributed by atoms with Crippen LogP contribution < -0.4 is 10.1 Å². The summed E-state index contributed by atoms with van der Waals surface area (Å²) in [5, 5.41) is 10.8. The van der Waals surface area contributed by atoms with Gasteiger partial charge in [-0.3, -0.25) is 5.10 Å². The van der Waals surface area contributed by atoms with E-state index in [0.717, 1.165) is 25.0 Å². The maximum absolute atomic E-state index is 13.1. The minimum Gasteiger partial charge on any atom is -0.471 e. The summed E-state index contributed by atoms with van der Waals surface area (Å²) in [7, 11) is 0. The second-order valence-corrected chi connectivity index (χ2v) is 3.95. The minimum absolute atomic E-state index is 0.134. The Morgan fingerprint density at radius 2 is 2.38 bits per heavy atom. The van der Waals surface area contributed by atoms with E-state index in [2.05, 4.69) is 15.5 Å². The molecule has 0 saturated carbocycles. The van der Waals surface area contributed by atoms with Gasteiger partial charge in [0.15, 0.2) is 0 Å². The molecule has 1 atom stereocenters. The van der Waals surface area contributed by atoms with Gasteiger partial charge in [0.1, 0.15) is 11.9 Å². The molecular formula is C11H12FN3O. The number of hydrogen-bond donors (Lipinski definition) is 2. The monoisotopic (exact) mass is 221 g/mol. The number of H-pyrrole nitrogens is 1. The van der Waals surface area contributed by atoms with E-state index in [9.17, 15) is 4.39 Å². The Labute approximate surface area is 91.8 Å². The smallest absolute Gasteiger partial charge is 0.240 e. The minimum atomic E-state index is -0.275. The highest BCUT2D eigenvalue weighted by atomic mass is 19.1. The van der Waals surface area contributed by atoms with E-state index >= 15 is 0 Å². The summed E-state index contributed by atoms with van der Waals surface area (Å²) >= 11 is 0. The quantitative estimate of drug-likeness (QED) is 0.806. The predicted molar refractivity (Wildman–Crippen MR) is 58.0 cm³/mol. The van der Waals surface area contributed by atoms with Crippen LogP contribution in [0.1, 0.15) is 6.42 Å². The first-order valence-corrected chi connectivity index (χ1v) is 5.34. The number of aromatic nitrogens is 2. The molecular weight excluding hydrogens is 209 g/mol. The highest BCUT2D eigenvalue weighted by Gasteiger charge is 2.18. The van der Waals surface area contributed by atoms with Crippen molar-refractivity contribution in [2.24, 2.45) is 0 Å². The lowest BCUT2D eigenvalue weighted by atomic mass is 10.2. The largest absolute Gasteiger partial charge is 0.471 e. The number of halogens is 1. The summed E-state index contributed by atoms with van der Waals surface area (Å²) in [6, 6.07) is 4.51. The summed E-state index contributed by atoms with van der Waals surface area (Å²) in [6.07, 6.45) is 1.10. The van der Waals surface area contributed by atoms with E-state index in [0.29, 0.717) is 11.3 Å². The van der Waals surface area contributed by atoms with Gasteiger partial charge in [0.2, 0.25) is 5.88 Å². The maximum atomic E-state index is 13.1. The molecule has 2 N–H and O–H groups in total. The Kier molecular flexibility index (Phi) is 2.25. The Hall–Kier alpha value is -1.62. The molecule has 1 aliphatic rings. The van der Waals surface area contributed by atoms with Gasteiger partial charge >= 0.3 is 0 Å². The van der Waals surface area contributed by atoms with Crippen LogP contribution >= 0.6 is 0 Å². The van der Waals surface area contributed by atoms with Crippen LogP contribution in [0.25, 0.3) is 10.9 Å². The summed E-state index contributed by atoms with van der Waals surface area (Å²) in [6.45, 7) is 1.78. The predicted octanol–water partition coefficient (Wildman–Crippen LogP) is 1.44. The first kappa shape index (κ1) is 9.59. The second-order valence-electron chi connectivity index (χ2n) is 3.95. The molecule has 1 saturated heterocycles. The maximum Gasteiger partial charge on any atom is 0.240 e. The third-order valence-corrected chi connectivity index (χ3v) is 2.78. The summed E-state index contributed by atoms with van der Waals surface area (Å²) in [5.41, 5.74) is 0.794. The highest BCUT2D eigenvalue weighted by Crippen LogP contribution is 2.24. The van der Waals surface area contributed by atoms with E-state index in [-0.39, 0.29) is 11.9 Å². The molecule has 0 bridgehead atoms. The first-order chi connectivity index (χ1) is 7.83. The number of nitrogens with one attached hydrogen (secondary N) is 2. The number of nitrogens with zero attached hydrogens (tertiary/aromatic N) is 1. The van der Waals surface area contributed by atoms with E-state index in [4.69, 9.17) is 4.74 Å². The van der Waals surface area contributed by atoms with Crippen molar-refractivity contribution in [3.63, 3.8) is 0 Å². The molecule has 0 spiro atoms. The molecule has 0 aliphatic carbocycles. The molecule has 16 heavy (non-hydrogen) atoms. The highest BCUT2D eigenvalue weighted by molar-refractivity contribution is 5.83. The van der Waals surface area contributed by atoms with Gasteiger partial charge in [0, 0.05) is 6.54 Å². The molecule has 2 aromatic rings. The van der Waals surface area contributed by atoms with Crippen molar-refractivity contribution in [1.82, 2.24) is 15.5 Å². The van der Waals surface area contributed by atoms with Gasteiger partial charge in [0.05, 0.1) is 10.9 Å². The lowest BCUT2D eigenvalue weighted by molar-refractivity contribution is 0.216. The Bertz CT molecular complexity index is 505. The van der Waals surface area contributed by atoms with Crippen LogP contribution in [0.3, 0.4) is 0 Å². The summed E-state index contributed by atoms with van der Waals surface area (Å²) < 4.78 is 18.8. The van der Waals surface area contributed by atoms with Crippen LogP contribution in [0.4, 0.5) is 4.39 Å². The van der Waals surface area contributed by atoms with E-state index in [1.54, 1.807) is 6.07 Å². The van der Waals surface area contributed by atoms with Crippen molar-refractivity contribution in [3.8, 4) is 5.88 Å². The van der Waals surface area contributed by atoms with Crippen molar-refractivity contribution < 1.29 is 9.13 Å². The molecule has 3 rings (SSSR count). The summed E-state index contributed by atoms with van der Waals surface area (Å²) in [5.74, 6) is 0.214. The van der Waals surface area contributed by atoms with Gasteiger partial charge < -0.3 is 10.1 Å². The molecule has 2 heterocycles. The van der Waals surface area contributed by atoms with Crippen molar-refractivity contribution in [2.45, 2.75) is 12.5 Å². The molecule has 4 nitrogen and oxygen atoms in total. The van der Waals surface area contributed by atoms with Gasteiger partial charge in [-0.05, 0) is 31.2 Å². The normalized spacial score (nSPS) is 20.4. The van der Waals surface area contributed by atoms with E-state index in [1.807, 2.05) is 0 Å². The van der Waals surface area contributed by atoms with Crippen molar-refractivity contribution in [1.29, 1.82) is 0 Å². The van der Waals surface area contributed by atoms with Crippen LogP contribution in [0.2, 0.25) is 0 Å². The first-order valence-electron chi connectivity index (χ1n) is 5.34. The van der Waals surface area contributed by atoms with Crippen LogP contribution in [0.5, 0.6) is 5.88 Å². The van der Waals surface area contributed by atoms with Crippen LogP contribution in [0, 0.1) is 5.82 Å². The summed E-state index contributed by atoms with van der Waals surface area (Å²) in [4.78, 5) is 0. The van der Waals surface area contributed by atoms with Gasteiger partial charge in [0.25, 0.3) is 0 Å². The Balaban J connectivity index is 1.93. The zero-order valence-corrected chi connectivity index (χ0v) is 8.66. The van der Waals surface area contributed by atoms with Gasteiger partial charge in [-0.1, -0.05) is 0 Å². The second kappa shape index (κ2) is 3.75. The van der Waals surface area contributed by atoms with Crippen molar-refractivity contribution in [2.75, 3.05) is 13.1 Å². The van der Waals surface area contributed by atoms with Crippen LogP contribution in [0.15, 0.2) is 18.2 Å². The van der Waals surface area contributed by atoms with Crippen molar-refractivity contribution >= 4 is 10.9 Å². The van der Waals surface area contributed by atoms with Crippen LogP contribution in [-0.4, -0.2) is 29.4 Å². The fourth-order valence-electron chi connectivity index (χ4n) is 1.94. The fourth-order valence-corrected chi connectivity index (χ4v) is 1.94. The third kappa shape index (κ3) is 1.63. The fraction of sp³-hybridized carbons (Fsp3) is 0.364. The molecule has 1 unspecified atom stereocenters. The molecule has 84 valence electrons. The number of aromatic amines is 1. The molecule has 1 aliphatic heterocycles. The molecule has 5 heteroatoms. The lowest BCUT2D eigenvalue weighted by Crippen LogP contribution is -2.19.